The molecule has 0 radical (unpaired) electrons. The van der Waals surface area contributed by atoms with Crippen LogP contribution in [0.15, 0.2) is 18.2 Å². The molecule has 1 aromatic heterocycles. The van der Waals surface area contributed by atoms with Crippen molar-refractivity contribution in [1.29, 1.82) is 0 Å². The van der Waals surface area contributed by atoms with Crippen molar-refractivity contribution in [3.05, 3.63) is 18.2 Å². The highest BCUT2D eigenvalue weighted by Gasteiger charge is 2.31. The first-order valence-electron chi connectivity index (χ1n) is 5.77. The van der Waals surface area contributed by atoms with Gasteiger partial charge in [0.05, 0.1) is 16.8 Å². The number of nitrogens with zero attached hydrogens (tertiary/aromatic N) is 1. The number of carbonyl (C=O) groups excluding carboxylic acids is 1. The number of anilines is 1. The molecule has 0 atom stereocenters. The molecule has 1 amide bonds. The van der Waals surface area contributed by atoms with Gasteiger partial charge in [-0.2, -0.15) is 13.2 Å². The molecule has 2 aromatic rings. The number of amides is 1. The molecular weight excluding hydrogens is 293 g/mol. The van der Waals surface area contributed by atoms with Crippen LogP contribution in [0, 0.1) is 0 Å². The number of ether oxygens (including phenoxy) is 1. The number of hydrogen-bond acceptors (Lipinski definition) is 4. The third kappa shape index (κ3) is 3.83. The quantitative estimate of drug-likeness (QED) is 0.939. The van der Waals surface area contributed by atoms with Crippen molar-refractivity contribution in [2.24, 2.45) is 0 Å². The Balaban J connectivity index is 2.13. The molecule has 0 aliphatic carbocycles. The second-order valence-corrected chi connectivity index (χ2v) is 4.95. The fourth-order valence-corrected chi connectivity index (χ4v) is 2.47. The summed E-state index contributed by atoms with van der Waals surface area (Å²) in [6, 6.07) is 5.14. The van der Waals surface area contributed by atoms with E-state index < -0.39 is 18.5 Å². The summed E-state index contributed by atoms with van der Waals surface area (Å²) in [5, 5.41) is 2.29. The second-order valence-electron chi connectivity index (χ2n) is 3.92. The topological polar surface area (TPSA) is 51.2 Å². The number of hydrogen-bond donors (Lipinski definition) is 1. The molecule has 0 unspecified atom stereocenters. The van der Waals surface area contributed by atoms with Crippen molar-refractivity contribution in [3.8, 4) is 5.75 Å². The van der Waals surface area contributed by atoms with Gasteiger partial charge in [0.15, 0.2) is 5.13 Å². The van der Waals surface area contributed by atoms with Gasteiger partial charge in [0.25, 0.3) is 0 Å². The lowest BCUT2D eigenvalue weighted by molar-refractivity contribution is -0.150. The number of halogens is 3. The molecule has 2 rings (SSSR count). The molecule has 1 aromatic carbocycles. The maximum Gasteiger partial charge on any atom is 0.397 e. The van der Waals surface area contributed by atoms with Gasteiger partial charge in [-0.05, 0) is 25.1 Å². The maximum absolute atomic E-state index is 12.1. The standard InChI is InChI=1S/C12H11F3N2O2S/c1-2-19-7-3-4-8-9(5-7)20-11(16-8)17-10(18)6-12(13,14)15/h3-5H,2,6H2,1H3,(H,16,17,18). The first kappa shape index (κ1) is 14.6. The number of carbonyl (C=O) groups is 1. The van der Waals surface area contributed by atoms with Crippen molar-refractivity contribution in [3.63, 3.8) is 0 Å². The first-order valence-corrected chi connectivity index (χ1v) is 6.59. The van der Waals surface area contributed by atoms with Gasteiger partial charge in [-0.3, -0.25) is 4.79 Å². The van der Waals surface area contributed by atoms with E-state index in [0.29, 0.717) is 17.9 Å². The predicted molar refractivity (Wildman–Crippen MR) is 70.1 cm³/mol. The third-order valence-electron chi connectivity index (χ3n) is 2.28. The van der Waals surface area contributed by atoms with E-state index in [0.717, 1.165) is 16.0 Å². The predicted octanol–water partition coefficient (Wildman–Crippen LogP) is 3.59. The molecule has 0 saturated carbocycles. The van der Waals surface area contributed by atoms with Gasteiger partial charge >= 0.3 is 6.18 Å². The van der Waals surface area contributed by atoms with Crippen LogP contribution in [0.4, 0.5) is 18.3 Å². The van der Waals surface area contributed by atoms with Crippen LogP contribution in [0.1, 0.15) is 13.3 Å². The van der Waals surface area contributed by atoms with Crippen molar-refractivity contribution in [2.45, 2.75) is 19.5 Å². The van der Waals surface area contributed by atoms with Gasteiger partial charge in [-0.1, -0.05) is 11.3 Å². The summed E-state index contributed by atoms with van der Waals surface area (Å²) in [5.41, 5.74) is 0.598. The zero-order valence-electron chi connectivity index (χ0n) is 10.5. The number of nitrogens with one attached hydrogen (secondary N) is 1. The van der Waals surface area contributed by atoms with Crippen LogP contribution < -0.4 is 10.1 Å². The van der Waals surface area contributed by atoms with E-state index in [4.69, 9.17) is 4.74 Å². The van der Waals surface area contributed by atoms with Gasteiger partial charge in [0, 0.05) is 0 Å². The van der Waals surface area contributed by atoms with E-state index in [-0.39, 0.29) is 5.13 Å². The molecule has 0 bridgehead atoms. The first-order chi connectivity index (χ1) is 9.37. The number of benzene rings is 1. The number of alkyl halides is 3. The fourth-order valence-electron chi connectivity index (χ4n) is 1.56. The van der Waals surface area contributed by atoms with E-state index in [1.54, 1.807) is 18.2 Å². The monoisotopic (exact) mass is 304 g/mol. The highest BCUT2D eigenvalue weighted by Crippen LogP contribution is 2.30. The van der Waals surface area contributed by atoms with E-state index in [2.05, 4.69) is 10.3 Å². The van der Waals surface area contributed by atoms with Gasteiger partial charge < -0.3 is 10.1 Å². The molecule has 0 aliphatic rings. The van der Waals surface area contributed by atoms with Gasteiger partial charge in [-0.15, -0.1) is 0 Å². The largest absolute Gasteiger partial charge is 0.494 e. The number of fused-ring (bicyclic) bond motifs is 1. The number of aromatic nitrogens is 1. The average Bonchev–Trinajstić information content (AvgIpc) is 2.67. The highest BCUT2D eigenvalue weighted by atomic mass is 32.1. The van der Waals surface area contributed by atoms with Gasteiger partial charge in [-0.25, -0.2) is 4.98 Å². The Bertz CT molecular complexity index is 625. The normalized spacial score (nSPS) is 11.6. The summed E-state index contributed by atoms with van der Waals surface area (Å²) < 4.78 is 42.2. The van der Waals surface area contributed by atoms with Crippen LogP contribution in [0.3, 0.4) is 0 Å². The molecule has 108 valence electrons. The Morgan fingerprint density at radius 1 is 1.45 bits per heavy atom. The molecule has 1 N–H and O–H groups in total. The minimum absolute atomic E-state index is 0.142. The van der Waals surface area contributed by atoms with Crippen LogP contribution in [0.5, 0.6) is 5.75 Å². The SMILES string of the molecule is CCOc1ccc2nc(NC(=O)CC(F)(F)F)sc2c1. The number of thiazole rings is 1. The third-order valence-corrected chi connectivity index (χ3v) is 3.21. The van der Waals surface area contributed by atoms with Crippen molar-refractivity contribution in [1.82, 2.24) is 4.98 Å². The zero-order valence-corrected chi connectivity index (χ0v) is 11.3. The van der Waals surface area contributed by atoms with Crippen molar-refractivity contribution >= 4 is 32.6 Å². The molecule has 0 spiro atoms. The van der Waals surface area contributed by atoms with E-state index >= 15 is 0 Å². The van der Waals surface area contributed by atoms with Crippen molar-refractivity contribution < 1.29 is 22.7 Å². The van der Waals surface area contributed by atoms with Crippen LogP contribution in [-0.2, 0) is 4.79 Å². The summed E-state index contributed by atoms with van der Waals surface area (Å²) in [6.45, 7) is 2.36. The maximum atomic E-state index is 12.1. The van der Waals surface area contributed by atoms with E-state index in [1.807, 2.05) is 6.92 Å². The molecule has 8 heteroatoms. The smallest absolute Gasteiger partial charge is 0.397 e. The lowest BCUT2D eigenvalue weighted by Crippen LogP contribution is -2.20. The average molecular weight is 304 g/mol. The lowest BCUT2D eigenvalue weighted by atomic mass is 10.3. The molecule has 0 fully saturated rings. The Labute approximate surface area is 116 Å². The summed E-state index contributed by atoms with van der Waals surface area (Å²) in [4.78, 5) is 15.2. The highest BCUT2D eigenvalue weighted by molar-refractivity contribution is 7.22. The minimum Gasteiger partial charge on any atom is -0.494 e. The summed E-state index contributed by atoms with van der Waals surface area (Å²) in [7, 11) is 0. The fraction of sp³-hybridized carbons (Fsp3) is 0.333. The Kier molecular flexibility index (Phi) is 4.12. The van der Waals surface area contributed by atoms with Crippen LogP contribution in [0.25, 0.3) is 10.2 Å². The van der Waals surface area contributed by atoms with Gasteiger partial charge in [0.2, 0.25) is 5.91 Å². The zero-order chi connectivity index (χ0) is 14.8. The molecule has 4 nitrogen and oxygen atoms in total. The molecule has 1 heterocycles. The second kappa shape index (κ2) is 5.66. The van der Waals surface area contributed by atoms with Crippen molar-refractivity contribution in [2.75, 3.05) is 11.9 Å². The van der Waals surface area contributed by atoms with Crippen LogP contribution in [-0.4, -0.2) is 23.7 Å². The molecule has 0 saturated heterocycles. The summed E-state index contributed by atoms with van der Waals surface area (Å²) >= 11 is 1.10. The van der Waals surface area contributed by atoms with E-state index in [9.17, 15) is 18.0 Å². The van der Waals surface area contributed by atoms with E-state index in [1.165, 1.54) is 0 Å². The lowest BCUT2D eigenvalue weighted by Gasteiger charge is -2.04. The molecular formula is C12H11F3N2O2S. The van der Waals surface area contributed by atoms with Crippen LogP contribution in [0.2, 0.25) is 0 Å². The van der Waals surface area contributed by atoms with Gasteiger partial charge in [0.1, 0.15) is 12.2 Å². The summed E-state index contributed by atoms with van der Waals surface area (Å²) in [5.74, 6) is -0.474. The Morgan fingerprint density at radius 3 is 2.85 bits per heavy atom. The van der Waals surface area contributed by atoms with Crippen LogP contribution >= 0.6 is 11.3 Å². The Morgan fingerprint density at radius 2 is 2.20 bits per heavy atom. The molecule has 20 heavy (non-hydrogen) atoms. The minimum atomic E-state index is -4.52. The Hall–Kier alpha value is -1.83. The summed E-state index contributed by atoms with van der Waals surface area (Å²) in [6.07, 6.45) is -6.05. The number of rotatable bonds is 4. The molecule has 0 aliphatic heterocycles.